The van der Waals surface area contributed by atoms with Crippen LogP contribution in [0, 0.1) is 0 Å². The molecule has 1 atom stereocenters. The van der Waals surface area contributed by atoms with E-state index in [9.17, 15) is 0 Å². The van der Waals surface area contributed by atoms with Gasteiger partial charge in [-0.25, -0.2) is 0 Å². The molecule has 45 heavy (non-hydrogen) atoms. The van der Waals surface area contributed by atoms with Crippen molar-refractivity contribution in [3.63, 3.8) is 0 Å². The maximum Gasteiger partial charge on any atom is 0.119 e. The van der Waals surface area contributed by atoms with E-state index in [1.54, 1.807) is 7.11 Å². The Morgan fingerprint density at radius 3 is 2.09 bits per heavy atom. The molecular formula is C40H50Cl2N2O. The molecule has 1 aliphatic heterocycles. The Morgan fingerprint density at radius 1 is 0.756 bits per heavy atom. The lowest BCUT2D eigenvalue weighted by molar-refractivity contribution is 0.0313. The van der Waals surface area contributed by atoms with Gasteiger partial charge in [-0.3, -0.25) is 4.90 Å². The summed E-state index contributed by atoms with van der Waals surface area (Å²) in [6, 6.07) is 40.2. The van der Waals surface area contributed by atoms with Gasteiger partial charge in [0.2, 0.25) is 0 Å². The molecule has 1 spiro atoms. The molecule has 1 heterocycles. The monoisotopic (exact) mass is 644 g/mol. The molecule has 0 amide bonds. The molecule has 3 nitrogen and oxygen atoms in total. The van der Waals surface area contributed by atoms with Crippen molar-refractivity contribution in [1.82, 2.24) is 10.2 Å². The van der Waals surface area contributed by atoms with E-state index in [4.69, 9.17) is 4.74 Å². The molecule has 0 saturated carbocycles. The van der Waals surface area contributed by atoms with Crippen molar-refractivity contribution in [3.05, 3.63) is 137 Å². The van der Waals surface area contributed by atoms with Gasteiger partial charge in [-0.15, -0.1) is 24.8 Å². The Kier molecular flexibility index (Phi) is 13.0. The molecule has 0 bridgehead atoms. The molecule has 240 valence electrons. The van der Waals surface area contributed by atoms with Gasteiger partial charge in [-0.05, 0) is 111 Å². The molecule has 2 aliphatic rings. The lowest BCUT2D eigenvalue weighted by Gasteiger charge is -2.50. The second-order valence-electron chi connectivity index (χ2n) is 12.8. The van der Waals surface area contributed by atoms with Crippen LogP contribution < -0.4 is 10.1 Å². The number of nitrogens with zero attached hydrogens (tertiary/aromatic N) is 1. The summed E-state index contributed by atoms with van der Waals surface area (Å²) in [4.78, 5) is 2.90. The molecule has 5 heteroatoms. The predicted octanol–water partition coefficient (Wildman–Crippen LogP) is 9.20. The number of methoxy groups -OCH3 is 1. The van der Waals surface area contributed by atoms with Crippen LogP contribution in [0.5, 0.6) is 5.75 Å². The lowest BCUT2D eigenvalue weighted by Crippen LogP contribution is -2.55. The topological polar surface area (TPSA) is 24.5 Å². The Bertz CT molecular complexity index is 1390. The number of piperidine rings is 1. The number of halogens is 2. The number of aryl methyl sites for hydroxylation is 1. The summed E-state index contributed by atoms with van der Waals surface area (Å²) < 4.78 is 5.54. The highest BCUT2D eigenvalue weighted by Crippen LogP contribution is 2.43. The van der Waals surface area contributed by atoms with Gasteiger partial charge in [-0.2, -0.15) is 0 Å². The second-order valence-corrected chi connectivity index (χ2v) is 12.8. The molecule has 0 radical (unpaired) electrons. The first-order valence-corrected chi connectivity index (χ1v) is 16.5. The normalized spacial score (nSPS) is 18.0. The minimum Gasteiger partial charge on any atom is -0.497 e. The van der Waals surface area contributed by atoms with Gasteiger partial charge in [0.05, 0.1) is 7.11 Å². The Balaban J connectivity index is 0.00000230. The van der Waals surface area contributed by atoms with Crippen molar-refractivity contribution in [2.45, 2.75) is 75.3 Å². The third-order valence-electron chi connectivity index (χ3n) is 10.4. The average molecular weight is 646 g/mol. The molecule has 1 unspecified atom stereocenters. The zero-order chi connectivity index (χ0) is 29.4. The van der Waals surface area contributed by atoms with Crippen LogP contribution in [0.2, 0.25) is 0 Å². The van der Waals surface area contributed by atoms with Crippen LogP contribution in [0.3, 0.4) is 0 Å². The summed E-state index contributed by atoms with van der Waals surface area (Å²) in [6.45, 7) is 4.29. The van der Waals surface area contributed by atoms with Crippen LogP contribution in [0.25, 0.3) is 0 Å². The first-order valence-electron chi connectivity index (χ1n) is 16.5. The number of hydrogen-bond donors (Lipinski definition) is 1. The van der Waals surface area contributed by atoms with E-state index in [1.165, 1.54) is 79.4 Å². The smallest absolute Gasteiger partial charge is 0.119 e. The number of fused-ring (bicyclic) bond motifs is 1. The minimum atomic E-state index is -0.0229. The van der Waals surface area contributed by atoms with E-state index < -0.39 is 0 Å². The van der Waals surface area contributed by atoms with Gasteiger partial charge in [0.25, 0.3) is 0 Å². The minimum absolute atomic E-state index is 0. The van der Waals surface area contributed by atoms with Gasteiger partial charge < -0.3 is 10.1 Å². The van der Waals surface area contributed by atoms with Gasteiger partial charge in [0, 0.05) is 17.5 Å². The maximum atomic E-state index is 5.54. The largest absolute Gasteiger partial charge is 0.497 e. The molecule has 6 rings (SSSR count). The van der Waals surface area contributed by atoms with Gasteiger partial charge >= 0.3 is 0 Å². The first kappa shape index (κ1) is 35.0. The van der Waals surface area contributed by atoms with Crippen molar-refractivity contribution < 1.29 is 4.74 Å². The summed E-state index contributed by atoms with van der Waals surface area (Å²) in [5, 5.41) is 3.78. The average Bonchev–Trinajstić information content (AvgIpc) is 3.08. The van der Waals surface area contributed by atoms with E-state index in [1.807, 2.05) is 0 Å². The second kappa shape index (κ2) is 16.7. The molecule has 4 aromatic carbocycles. The molecule has 4 aromatic rings. The summed E-state index contributed by atoms with van der Waals surface area (Å²) in [5.41, 5.74) is 7.53. The highest BCUT2D eigenvalue weighted by Gasteiger charge is 2.41. The van der Waals surface area contributed by atoms with Crippen LogP contribution in [0.4, 0.5) is 0 Å². The standard InChI is InChI=1S/C40H48N2O.2ClH/c1-43-38-21-20-35-31-39(25-22-34(35)30-38)23-11-12-28-42(39)29-13-24-40(36-16-7-3-8-17-36,37-18-9-4-10-19-37)26-27-41-32-33-14-5-2-6-15-33;;/h2-10,14-21,30,41H,11-13,22-29,31-32H2,1H3;2*1H. The van der Waals surface area contributed by atoms with Crippen LogP contribution in [0.15, 0.2) is 109 Å². The highest BCUT2D eigenvalue weighted by atomic mass is 35.5. The van der Waals surface area contributed by atoms with E-state index >= 15 is 0 Å². The molecule has 1 fully saturated rings. The van der Waals surface area contributed by atoms with Crippen molar-refractivity contribution in [2.24, 2.45) is 0 Å². The third-order valence-corrected chi connectivity index (χ3v) is 10.4. The van der Waals surface area contributed by atoms with Gasteiger partial charge in [0.1, 0.15) is 5.75 Å². The summed E-state index contributed by atoms with van der Waals surface area (Å²) >= 11 is 0. The first-order chi connectivity index (χ1) is 21.2. The number of likely N-dealkylation sites (tertiary alicyclic amines) is 1. The number of benzene rings is 4. The summed E-state index contributed by atoms with van der Waals surface area (Å²) in [5.74, 6) is 0.992. The molecule has 0 aromatic heterocycles. The van der Waals surface area contributed by atoms with Crippen molar-refractivity contribution >= 4 is 24.8 Å². The third kappa shape index (κ3) is 8.13. The van der Waals surface area contributed by atoms with Gasteiger partial charge in [-0.1, -0.05) is 103 Å². The lowest BCUT2D eigenvalue weighted by atomic mass is 9.68. The number of nitrogens with one attached hydrogen (secondary N) is 1. The fraction of sp³-hybridized carbons (Fsp3) is 0.400. The highest BCUT2D eigenvalue weighted by molar-refractivity contribution is 5.85. The Labute approximate surface area is 283 Å². The molecule has 1 N–H and O–H groups in total. The number of rotatable bonds is 12. The Morgan fingerprint density at radius 2 is 1.42 bits per heavy atom. The van der Waals surface area contributed by atoms with E-state index in [-0.39, 0.29) is 30.2 Å². The fourth-order valence-corrected chi connectivity index (χ4v) is 8.01. The van der Waals surface area contributed by atoms with E-state index in [0.29, 0.717) is 5.54 Å². The van der Waals surface area contributed by atoms with Crippen LogP contribution in [-0.4, -0.2) is 37.2 Å². The van der Waals surface area contributed by atoms with Crippen LogP contribution in [-0.2, 0) is 24.8 Å². The number of hydrogen-bond acceptors (Lipinski definition) is 3. The molecular weight excluding hydrogens is 595 g/mol. The maximum absolute atomic E-state index is 5.54. The summed E-state index contributed by atoms with van der Waals surface area (Å²) in [7, 11) is 1.78. The van der Waals surface area contributed by atoms with Crippen molar-refractivity contribution in [2.75, 3.05) is 26.7 Å². The number of ether oxygens (including phenoxy) is 1. The van der Waals surface area contributed by atoms with E-state index in [0.717, 1.165) is 38.1 Å². The summed E-state index contributed by atoms with van der Waals surface area (Å²) in [6.07, 6.45) is 11.0. The SMILES string of the molecule is COc1ccc2c(c1)CCC1(CCCCN1CCCC(CCNCc1ccccc1)(c1ccccc1)c1ccccc1)C2.Cl.Cl. The molecule has 1 saturated heterocycles. The van der Waals surface area contributed by atoms with Crippen LogP contribution >= 0.6 is 24.8 Å². The van der Waals surface area contributed by atoms with Gasteiger partial charge in [0.15, 0.2) is 0 Å². The molecule has 1 aliphatic carbocycles. The fourth-order valence-electron chi connectivity index (χ4n) is 8.01. The quantitative estimate of drug-likeness (QED) is 0.156. The van der Waals surface area contributed by atoms with Crippen LogP contribution in [0.1, 0.15) is 72.8 Å². The zero-order valence-corrected chi connectivity index (χ0v) is 28.4. The van der Waals surface area contributed by atoms with Crippen molar-refractivity contribution in [3.8, 4) is 5.75 Å². The Hall–Kier alpha value is -2.82. The van der Waals surface area contributed by atoms with E-state index in [2.05, 4.69) is 119 Å². The predicted molar refractivity (Wildman–Crippen MR) is 193 cm³/mol. The zero-order valence-electron chi connectivity index (χ0n) is 26.8. The van der Waals surface area contributed by atoms with Crippen molar-refractivity contribution in [1.29, 1.82) is 0 Å².